The predicted octanol–water partition coefficient (Wildman–Crippen LogP) is 4.43. The highest BCUT2D eigenvalue weighted by atomic mass is 35.5. The molecular formula is C22H26ClNO3. The number of hydrogen-bond acceptors (Lipinski definition) is 4. The first-order valence-electron chi connectivity index (χ1n) is 8.88. The molecular weight excluding hydrogens is 362 g/mol. The van der Waals surface area contributed by atoms with E-state index in [-0.39, 0.29) is 12.1 Å². The normalized spacial score (nSPS) is 13.5. The van der Waals surface area contributed by atoms with Gasteiger partial charge in [-0.3, -0.25) is 0 Å². The summed E-state index contributed by atoms with van der Waals surface area (Å²) in [5, 5.41) is 4.23. The standard InChI is InChI=1S/C22H26ClNO3/c1-16(24-15-21(26-2)19-5-4-6-20(23)14-19)13-18-9-7-17(8-10-18)11-12-22(25)27-3/h4-12,14,16,21,24H,13,15H2,1-3H3/b12-11+. The fourth-order valence-corrected chi connectivity index (χ4v) is 2.97. The highest BCUT2D eigenvalue weighted by molar-refractivity contribution is 6.30. The van der Waals surface area contributed by atoms with Crippen molar-refractivity contribution in [2.75, 3.05) is 20.8 Å². The number of halogens is 1. The van der Waals surface area contributed by atoms with E-state index in [0.29, 0.717) is 17.6 Å². The third kappa shape index (κ3) is 7.18. The lowest BCUT2D eigenvalue weighted by molar-refractivity contribution is -0.134. The van der Waals surface area contributed by atoms with E-state index in [4.69, 9.17) is 16.3 Å². The number of esters is 1. The molecule has 2 rings (SSSR count). The zero-order valence-corrected chi connectivity index (χ0v) is 16.7. The Morgan fingerprint density at radius 2 is 1.93 bits per heavy atom. The summed E-state index contributed by atoms with van der Waals surface area (Å²) in [5.74, 6) is -0.357. The molecule has 5 heteroatoms. The van der Waals surface area contributed by atoms with Crippen LogP contribution in [0.4, 0.5) is 0 Å². The fourth-order valence-electron chi connectivity index (χ4n) is 2.78. The van der Waals surface area contributed by atoms with Crippen molar-refractivity contribution in [3.63, 3.8) is 0 Å². The van der Waals surface area contributed by atoms with Crippen LogP contribution >= 0.6 is 11.6 Å². The van der Waals surface area contributed by atoms with Crippen LogP contribution in [-0.4, -0.2) is 32.8 Å². The van der Waals surface area contributed by atoms with E-state index in [9.17, 15) is 4.79 Å². The molecule has 2 aromatic carbocycles. The second kappa shape index (κ2) is 10.9. The maximum Gasteiger partial charge on any atom is 0.330 e. The van der Waals surface area contributed by atoms with E-state index >= 15 is 0 Å². The Labute approximate surface area is 166 Å². The van der Waals surface area contributed by atoms with Gasteiger partial charge in [0.1, 0.15) is 0 Å². The van der Waals surface area contributed by atoms with Gasteiger partial charge in [0.2, 0.25) is 0 Å². The first-order valence-corrected chi connectivity index (χ1v) is 9.26. The summed E-state index contributed by atoms with van der Waals surface area (Å²) < 4.78 is 10.2. The van der Waals surface area contributed by atoms with Crippen LogP contribution in [0.5, 0.6) is 0 Å². The van der Waals surface area contributed by atoms with Crippen LogP contribution in [0.1, 0.15) is 29.7 Å². The van der Waals surface area contributed by atoms with Crippen molar-refractivity contribution in [3.8, 4) is 0 Å². The largest absolute Gasteiger partial charge is 0.466 e. The summed E-state index contributed by atoms with van der Waals surface area (Å²) in [5.41, 5.74) is 3.25. The molecule has 0 amide bonds. The van der Waals surface area contributed by atoms with Gasteiger partial charge in [0.15, 0.2) is 0 Å². The zero-order chi connectivity index (χ0) is 19.6. The smallest absolute Gasteiger partial charge is 0.330 e. The lowest BCUT2D eigenvalue weighted by Crippen LogP contribution is -2.32. The minimum Gasteiger partial charge on any atom is -0.466 e. The third-order valence-electron chi connectivity index (χ3n) is 4.29. The molecule has 0 aliphatic carbocycles. The summed E-state index contributed by atoms with van der Waals surface area (Å²) in [4.78, 5) is 11.1. The van der Waals surface area contributed by atoms with E-state index in [2.05, 4.69) is 29.1 Å². The lowest BCUT2D eigenvalue weighted by Gasteiger charge is -2.20. The molecule has 0 bridgehead atoms. The van der Waals surface area contributed by atoms with Gasteiger partial charge >= 0.3 is 5.97 Å². The van der Waals surface area contributed by atoms with E-state index in [1.54, 1.807) is 13.2 Å². The van der Waals surface area contributed by atoms with Crippen molar-refractivity contribution in [2.24, 2.45) is 0 Å². The van der Waals surface area contributed by atoms with Gasteiger partial charge in [0.05, 0.1) is 13.2 Å². The summed E-state index contributed by atoms with van der Waals surface area (Å²) in [7, 11) is 3.07. The van der Waals surface area contributed by atoms with E-state index < -0.39 is 0 Å². The molecule has 1 N–H and O–H groups in total. The summed E-state index contributed by atoms with van der Waals surface area (Å²) in [6.45, 7) is 2.85. The molecule has 0 spiro atoms. The van der Waals surface area contributed by atoms with Gasteiger partial charge in [-0.25, -0.2) is 4.79 Å². The molecule has 0 fully saturated rings. The van der Waals surface area contributed by atoms with Gasteiger partial charge < -0.3 is 14.8 Å². The number of carbonyl (C=O) groups is 1. The first kappa shape index (κ1) is 21.2. The number of carbonyl (C=O) groups excluding carboxylic acids is 1. The molecule has 4 nitrogen and oxygen atoms in total. The number of hydrogen-bond donors (Lipinski definition) is 1. The summed E-state index contributed by atoms with van der Waals surface area (Å²) in [6, 6.07) is 16.2. The molecule has 2 unspecified atom stereocenters. The van der Waals surface area contributed by atoms with Gasteiger partial charge in [-0.2, -0.15) is 0 Å². The van der Waals surface area contributed by atoms with Crippen molar-refractivity contribution >= 4 is 23.6 Å². The maximum absolute atomic E-state index is 11.1. The number of benzene rings is 2. The van der Waals surface area contributed by atoms with Crippen molar-refractivity contribution in [3.05, 3.63) is 76.3 Å². The molecule has 0 aliphatic rings. The molecule has 2 atom stereocenters. The minimum absolute atomic E-state index is 0.0445. The summed E-state index contributed by atoms with van der Waals surface area (Å²) >= 11 is 6.07. The monoisotopic (exact) mass is 387 g/mol. The lowest BCUT2D eigenvalue weighted by atomic mass is 10.0. The summed E-state index contributed by atoms with van der Waals surface area (Å²) in [6.07, 6.45) is 4.01. The molecule has 0 heterocycles. The Balaban J connectivity index is 1.86. The number of nitrogens with one attached hydrogen (secondary N) is 1. The SMILES string of the molecule is COC(=O)/C=C/c1ccc(CC(C)NCC(OC)c2cccc(Cl)c2)cc1. The van der Waals surface area contributed by atoms with Gasteiger partial charge in [-0.1, -0.05) is 48.0 Å². The maximum atomic E-state index is 11.1. The second-order valence-corrected chi connectivity index (χ2v) is 6.83. The topological polar surface area (TPSA) is 47.6 Å². The Bertz CT molecular complexity index is 758. The van der Waals surface area contributed by atoms with Crippen LogP contribution in [-0.2, 0) is 20.7 Å². The average molecular weight is 388 g/mol. The van der Waals surface area contributed by atoms with E-state index in [1.807, 2.05) is 36.4 Å². The van der Waals surface area contributed by atoms with Gasteiger partial charge in [-0.15, -0.1) is 0 Å². The first-order chi connectivity index (χ1) is 13.0. The highest BCUT2D eigenvalue weighted by Crippen LogP contribution is 2.20. The second-order valence-electron chi connectivity index (χ2n) is 6.39. The van der Waals surface area contributed by atoms with Crippen LogP contribution in [0.25, 0.3) is 6.08 Å². The Hall–Kier alpha value is -2.14. The Kier molecular flexibility index (Phi) is 8.52. The molecule has 2 aromatic rings. The highest BCUT2D eigenvalue weighted by Gasteiger charge is 2.12. The zero-order valence-electron chi connectivity index (χ0n) is 15.9. The number of methoxy groups -OCH3 is 2. The van der Waals surface area contributed by atoms with Crippen LogP contribution in [0, 0.1) is 0 Å². The molecule has 144 valence electrons. The van der Waals surface area contributed by atoms with Crippen molar-refractivity contribution in [1.29, 1.82) is 0 Å². The fraction of sp³-hybridized carbons (Fsp3) is 0.318. The van der Waals surface area contributed by atoms with Crippen LogP contribution in [0.2, 0.25) is 5.02 Å². The molecule has 0 saturated carbocycles. The van der Waals surface area contributed by atoms with Crippen molar-refractivity contribution in [2.45, 2.75) is 25.5 Å². The third-order valence-corrected chi connectivity index (χ3v) is 4.53. The molecule has 0 saturated heterocycles. The molecule has 0 radical (unpaired) electrons. The average Bonchev–Trinajstić information content (AvgIpc) is 2.67. The Morgan fingerprint density at radius 3 is 2.56 bits per heavy atom. The van der Waals surface area contributed by atoms with E-state index in [1.165, 1.54) is 18.7 Å². The quantitative estimate of drug-likeness (QED) is 0.510. The van der Waals surface area contributed by atoms with Crippen LogP contribution in [0.15, 0.2) is 54.6 Å². The number of rotatable bonds is 9. The number of ether oxygens (including phenoxy) is 2. The predicted molar refractivity (Wildman–Crippen MR) is 110 cm³/mol. The van der Waals surface area contributed by atoms with Crippen molar-refractivity contribution < 1.29 is 14.3 Å². The van der Waals surface area contributed by atoms with Gasteiger partial charge in [-0.05, 0) is 48.2 Å². The van der Waals surface area contributed by atoms with Crippen molar-refractivity contribution in [1.82, 2.24) is 5.32 Å². The molecule has 27 heavy (non-hydrogen) atoms. The Morgan fingerprint density at radius 1 is 1.19 bits per heavy atom. The molecule has 0 aliphatic heterocycles. The minimum atomic E-state index is -0.357. The van der Waals surface area contributed by atoms with E-state index in [0.717, 1.165) is 17.5 Å². The molecule has 0 aromatic heterocycles. The van der Waals surface area contributed by atoms with Gasteiger partial charge in [0, 0.05) is 30.8 Å². The van der Waals surface area contributed by atoms with Crippen LogP contribution < -0.4 is 5.32 Å². The van der Waals surface area contributed by atoms with Gasteiger partial charge in [0.25, 0.3) is 0 Å². The van der Waals surface area contributed by atoms with Crippen LogP contribution in [0.3, 0.4) is 0 Å².